The lowest BCUT2D eigenvalue weighted by atomic mass is 10.1. The van der Waals surface area contributed by atoms with Crippen molar-refractivity contribution in [1.82, 2.24) is 39.0 Å². The number of unbranched alkanes of at least 4 members (excludes halogenated alkanes) is 2. The fourth-order valence-corrected chi connectivity index (χ4v) is 6.61. The maximum Gasteiger partial charge on any atom is 0.312 e. The van der Waals surface area contributed by atoms with Crippen LogP contribution >= 0.6 is 11.6 Å². The summed E-state index contributed by atoms with van der Waals surface area (Å²) in [5.41, 5.74) is 15.5. The molecule has 0 fully saturated rings. The SMILES string of the molecule is C#CCCCn1c(Cc2cc(OC)c(OC)c(OC)c2Cl)nc2c(N)nc(F)nc21.CCCCn1c(Cc2cc(OC)c(OC)c(OC)c2)nc2c(N)ncnc21. The molecule has 0 aliphatic heterocycles. The number of benzene rings is 2. The number of methoxy groups -OCH3 is 6. The van der Waals surface area contributed by atoms with Crippen LogP contribution in [-0.2, 0) is 25.9 Å². The lowest BCUT2D eigenvalue weighted by Crippen LogP contribution is -2.07. The number of nitrogen functional groups attached to an aromatic ring is 2. The van der Waals surface area contributed by atoms with Crippen molar-refractivity contribution in [2.75, 3.05) is 54.1 Å². The highest BCUT2D eigenvalue weighted by Crippen LogP contribution is 2.45. The Balaban J connectivity index is 0.000000219. The number of ether oxygens (including phenoxy) is 6. The Morgan fingerprint density at radius 2 is 1.28 bits per heavy atom. The van der Waals surface area contributed by atoms with Crippen LogP contribution in [-0.4, -0.2) is 81.7 Å². The van der Waals surface area contributed by atoms with Gasteiger partial charge in [-0.3, -0.25) is 0 Å². The van der Waals surface area contributed by atoms with E-state index >= 15 is 0 Å². The van der Waals surface area contributed by atoms with Gasteiger partial charge in [-0.25, -0.2) is 19.9 Å². The third-order valence-electron chi connectivity index (χ3n) is 9.03. The molecule has 4 heterocycles. The number of terminal acetylenes is 1. The number of hydrogen-bond acceptors (Lipinski definition) is 14. The van der Waals surface area contributed by atoms with Crippen LogP contribution in [0.3, 0.4) is 0 Å². The number of nitrogens with two attached hydrogens (primary N) is 2. The third kappa shape index (κ3) is 8.91. The minimum atomic E-state index is -0.921. The molecule has 18 heteroatoms. The van der Waals surface area contributed by atoms with Gasteiger partial charge in [0.05, 0.1) is 47.7 Å². The molecule has 4 N–H and O–H groups in total. The first kappa shape index (κ1) is 41.9. The number of fused-ring (bicyclic) bond motifs is 2. The summed E-state index contributed by atoms with van der Waals surface area (Å²) in [5.74, 6) is 7.36. The van der Waals surface area contributed by atoms with E-state index in [9.17, 15) is 4.39 Å². The number of rotatable bonds is 16. The van der Waals surface area contributed by atoms with Crippen LogP contribution < -0.4 is 39.9 Å². The molecule has 4 aromatic heterocycles. The monoisotopic (exact) mass is 804 g/mol. The Labute approximate surface area is 334 Å². The summed E-state index contributed by atoms with van der Waals surface area (Å²) in [4.78, 5) is 25.2. The van der Waals surface area contributed by atoms with E-state index in [0.29, 0.717) is 99.2 Å². The third-order valence-corrected chi connectivity index (χ3v) is 9.45. The average molecular weight is 805 g/mol. The Morgan fingerprint density at radius 1 is 0.702 bits per heavy atom. The zero-order valence-corrected chi connectivity index (χ0v) is 33.7. The second kappa shape index (κ2) is 19.0. The van der Waals surface area contributed by atoms with Gasteiger partial charge in [-0.15, -0.1) is 12.3 Å². The largest absolute Gasteiger partial charge is 0.493 e. The molecule has 0 atom stereocenters. The van der Waals surface area contributed by atoms with Gasteiger partial charge < -0.3 is 49.0 Å². The maximum absolute atomic E-state index is 13.8. The number of hydrogen-bond donors (Lipinski definition) is 2. The Hall–Kier alpha value is -6.28. The average Bonchev–Trinajstić information content (AvgIpc) is 3.74. The predicted molar refractivity (Wildman–Crippen MR) is 215 cm³/mol. The molecule has 6 rings (SSSR count). The Kier molecular flexibility index (Phi) is 14.0. The van der Waals surface area contributed by atoms with Gasteiger partial charge in [-0.1, -0.05) is 24.9 Å². The van der Waals surface area contributed by atoms with E-state index in [1.807, 2.05) is 12.1 Å². The number of anilines is 2. The summed E-state index contributed by atoms with van der Waals surface area (Å²) in [6.07, 6.45) is 10.1. The van der Waals surface area contributed by atoms with E-state index in [2.05, 4.69) is 42.3 Å². The van der Waals surface area contributed by atoms with E-state index in [4.69, 9.17) is 62.9 Å². The van der Waals surface area contributed by atoms with Gasteiger partial charge in [0.25, 0.3) is 0 Å². The Bertz CT molecular complexity index is 2370. The van der Waals surface area contributed by atoms with Crippen molar-refractivity contribution in [2.24, 2.45) is 0 Å². The molecular formula is C39H46ClFN10O6. The second-order valence-electron chi connectivity index (χ2n) is 12.5. The first-order valence-electron chi connectivity index (χ1n) is 17.9. The molecule has 0 saturated heterocycles. The summed E-state index contributed by atoms with van der Waals surface area (Å²) in [6, 6.07) is 5.60. The highest BCUT2D eigenvalue weighted by atomic mass is 35.5. The van der Waals surface area contributed by atoms with Gasteiger partial charge in [-0.2, -0.15) is 14.4 Å². The summed E-state index contributed by atoms with van der Waals surface area (Å²) in [5, 5.41) is 0.350. The molecule has 0 amide bonds. The lowest BCUT2D eigenvalue weighted by Gasteiger charge is -2.16. The first-order chi connectivity index (χ1) is 27.6. The number of imidazole rings is 2. The fraction of sp³-hybridized carbons (Fsp3) is 0.385. The number of aromatic nitrogens is 8. The van der Waals surface area contributed by atoms with Gasteiger partial charge in [0.15, 0.2) is 57.0 Å². The van der Waals surface area contributed by atoms with Gasteiger partial charge in [0.1, 0.15) is 18.0 Å². The lowest BCUT2D eigenvalue weighted by molar-refractivity contribution is 0.324. The molecule has 0 saturated carbocycles. The predicted octanol–water partition coefficient (Wildman–Crippen LogP) is 6.06. The zero-order chi connectivity index (χ0) is 41.2. The highest BCUT2D eigenvalue weighted by molar-refractivity contribution is 6.33. The summed E-state index contributed by atoms with van der Waals surface area (Å²) >= 11 is 6.57. The molecule has 302 valence electrons. The quantitative estimate of drug-likeness (QED) is 0.0651. The van der Waals surface area contributed by atoms with Gasteiger partial charge in [-0.05, 0) is 42.2 Å². The van der Waals surface area contributed by atoms with Crippen LogP contribution in [0.2, 0.25) is 5.02 Å². The van der Waals surface area contributed by atoms with Gasteiger partial charge in [0, 0.05) is 32.4 Å². The van der Waals surface area contributed by atoms with Crippen LogP contribution in [0.1, 0.15) is 55.4 Å². The van der Waals surface area contributed by atoms with Crippen molar-refractivity contribution in [1.29, 1.82) is 0 Å². The van der Waals surface area contributed by atoms with E-state index in [-0.39, 0.29) is 12.2 Å². The smallest absolute Gasteiger partial charge is 0.312 e. The molecule has 2 aromatic carbocycles. The van der Waals surface area contributed by atoms with E-state index in [1.54, 1.807) is 32.0 Å². The van der Waals surface area contributed by atoms with Crippen molar-refractivity contribution < 1.29 is 32.8 Å². The van der Waals surface area contributed by atoms with Crippen LogP contribution in [0.4, 0.5) is 16.0 Å². The number of aryl methyl sites for hydroxylation is 2. The van der Waals surface area contributed by atoms with Crippen LogP contribution in [0.15, 0.2) is 24.5 Å². The molecule has 0 unspecified atom stereocenters. The van der Waals surface area contributed by atoms with Crippen LogP contribution in [0.25, 0.3) is 22.3 Å². The molecule has 0 bridgehead atoms. The van der Waals surface area contributed by atoms with Gasteiger partial charge >= 0.3 is 6.08 Å². The molecule has 0 radical (unpaired) electrons. The highest BCUT2D eigenvalue weighted by Gasteiger charge is 2.23. The van der Waals surface area contributed by atoms with E-state index < -0.39 is 6.08 Å². The maximum atomic E-state index is 13.8. The summed E-state index contributed by atoms with van der Waals surface area (Å²) in [6.45, 7) is 3.46. The first-order valence-corrected chi connectivity index (χ1v) is 18.3. The van der Waals surface area contributed by atoms with Crippen LogP contribution in [0, 0.1) is 18.4 Å². The normalized spacial score (nSPS) is 10.9. The Morgan fingerprint density at radius 3 is 1.88 bits per heavy atom. The summed E-state index contributed by atoms with van der Waals surface area (Å²) in [7, 11) is 9.30. The molecular weight excluding hydrogens is 759 g/mol. The standard InChI is InChI=1S/C20H21ClFN5O3.C19H25N5O3/c1-5-6-7-8-27-13(24-15-18(23)25-20(22)26-19(15)27)10-11-9-12(28-2)16(29-3)17(30-4)14(11)21;1-5-6-7-24-15(23-16-18(20)21-11-22-19(16)24)10-12-8-13(25-2)17(27-4)14(9-12)26-3/h1,9H,6-8,10H2,2-4H3,(H2,23,25,26);8-9,11H,5-7,10H2,1-4H3,(H2,20,21,22). The van der Waals surface area contributed by atoms with E-state index in [0.717, 1.165) is 36.4 Å². The van der Waals surface area contributed by atoms with Crippen LogP contribution in [0.5, 0.6) is 34.5 Å². The minimum Gasteiger partial charge on any atom is -0.493 e. The minimum absolute atomic E-state index is 0.0366. The molecule has 0 spiro atoms. The van der Waals surface area contributed by atoms with Crippen molar-refractivity contribution in [3.8, 4) is 46.8 Å². The number of halogens is 2. The van der Waals surface area contributed by atoms with Crippen molar-refractivity contribution in [2.45, 2.75) is 58.5 Å². The molecule has 0 aliphatic rings. The molecule has 16 nitrogen and oxygen atoms in total. The van der Waals surface area contributed by atoms with Crippen molar-refractivity contribution >= 4 is 45.6 Å². The topological polar surface area (TPSA) is 195 Å². The van der Waals surface area contributed by atoms with Gasteiger partial charge in [0.2, 0.25) is 11.5 Å². The van der Waals surface area contributed by atoms with Crippen molar-refractivity contribution in [3.05, 3.63) is 58.4 Å². The molecule has 6 aromatic rings. The number of nitrogens with zero attached hydrogens (tertiary/aromatic N) is 8. The summed E-state index contributed by atoms with van der Waals surface area (Å²) < 4.78 is 50.2. The second-order valence-corrected chi connectivity index (χ2v) is 12.9. The molecule has 0 aliphatic carbocycles. The van der Waals surface area contributed by atoms with E-state index in [1.165, 1.54) is 27.7 Å². The zero-order valence-electron chi connectivity index (χ0n) is 33.0. The van der Waals surface area contributed by atoms with Crippen molar-refractivity contribution in [3.63, 3.8) is 0 Å². The fourth-order valence-electron chi connectivity index (χ4n) is 6.32. The molecule has 57 heavy (non-hydrogen) atoms.